The minimum atomic E-state index is -0.789. The van der Waals surface area contributed by atoms with Gasteiger partial charge in [0.15, 0.2) is 0 Å². The largest absolute Gasteiger partial charge is 0.487 e. The Bertz CT molecular complexity index is 738. The molecule has 1 unspecified atom stereocenters. The van der Waals surface area contributed by atoms with Gasteiger partial charge in [-0.2, -0.15) is 4.68 Å². The number of ether oxygens (including phenoxy) is 1. The van der Waals surface area contributed by atoms with Crippen molar-refractivity contribution in [2.75, 3.05) is 0 Å². The summed E-state index contributed by atoms with van der Waals surface area (Å²) in [6.07, 6.45) is 3.29. The Morgan fingerprint density at radius 1 is 1.47 bits per heavy atom. The van der Waals surface area contributed by atoms with Crippen LogP contribution in [0.4, 0.5) is 0 Å². The van der Waals surface area contributed by atoms with E-state index in [0.717, 1.165) is 23.1 Å². The highest BCUT2D eigenvalue weighted by Gasteiger charge is 2.26. The van der Waals surface area contributed by atoms with Crippen LogP contribution in [0.25, 0.3) is 5.69 Å². The minimum absolute atomic E-state index is 0.0166. The quantitative estimate of drug-likeness (QED) is 0.835. The van der Waals surface area contributed by atoms with Crippen LogP contribution in [0.2, 0.25) is 0 Å². The zero-order valence-electron chi connectivity index (χ0n) is 10.1. The van der Waals surface area contributed by atoms with Crippen molar-refractivity contribution in [1.82, 2.24) is 9.78 Å². The van der Waals surface area contributed by atoms with Gasteiger partial charge in [0.25, 0.3) is 0 Å². The third-order valence-corrected chi connectivity index (χ3v) is 3.04. The lowest BCUT2D eigenvalue weighted by molar-refractivity contribution is 0.235. The van der Waals surface area contributed by atoms with E-state index in [1.807, 2.05) is 12.1 Å². The average molecular weight is 260 g/mol. The van der Waals surface area contributed by atoms with Gasteiger partial charge < -0.3 is 9.15 Å². The van der Waals surface area contributed by atoms with E-state index in [2.05, 4.69) is 16.1 Å². The van der Waals surface area contributed by atoms with Crippen LogP contribution >= 0.6 is 0 Å². The predicted molar refractivity (Wildman–Crippen MR) is 67.9 cm³/mol. The molecular weight excluding hydrogens is 248 g/mol. The van der Waals surface area contributed by atoms with E-state index in [0.29, 0.717) is 11.4 Å². The fourth-order valence-electron chi connectivity index (χ4n) is 2.26. The maximum absolute atomic E-state index is 11.5. The van der Waals surface area contributed by atoms with E-state index < -0.39 is 11.5 Å². The summed E-state index contributed by atoms with van der Waals surface area (Å²) in [5.41, 5.74) is 1.48. The molecule has 19 heavy (non-hydrogen) atoms. The molecule has 0 amide bonds. The van der Waals surface area contributed by atoms with Crippen LogP contribution in [0.5, 0.6) is 5.75 Å². The molecule has 1 N–H and O–H groups in total. The monoisotopic (exact) mass is 260 g/mol. The van der Waals surface area contributed by atoms with Crippen LogP contribution in [-0.4, -0.2) is 15.9 Å². The Hall–Kier alpha value is -2.50. The number of aromatic amines is 1. The van der Waals surface area contributed by atoms with Crippen LogP contribution in [0.3, 0.4) is 0 Å². The smallest absolute Gasteiger partial charge is 0.442 e. The summed E-state index contributed by atoms with van der Waals surface area (Å²) in [5, 5.41) is 2.32. The van der Waals surface area contributed by atoms with Crippen LogP contribution in [0.1, 0.15) is 12.0 Å². The van der Waals surface area contributed by atoms with Crippen molar-refractivity contribution in [3.63, 3.8) is 0 Å². The minimum Gasteiger partial charge on any atom is -0.487 e. The summed E-state index contributed by atoms with van der Waals surface area (Å²) in [6.45, 7) is 3.69. The van der Waals surface area contributed by atoms with Gasteiger partial charge in [-0.25, -0.2) is 14.7 Å². The molecule has 2 aromatic rings. The maximum atomic E-state index is 11.5. The maximum Gasteiger partial charge on any atom is 0.442 e. The molecule has 0 aliphatic carbocycles. The summed E-state index contributed by atoms with van der Waals surface area (Å²) in [4.78, 5) is 22.6. The molecule has 3 rings (SSSR count). The molecule has 1 atom stereocenters. The standard InChI is InChI=1S/C13H12N2O4/c1-2-4-9-7-8-5-3-6-10(11(8)18-9)15-13(17)19-12(16)14-15/h2-3,5-6,9H,1,4,7H2,(H,14,16). The van der Waals surface area contributed by atoms with E-state index >= 15 is 0 Å². The molecule has 1 aliphatic rings. The Morgan fingerprint density at radius 2 is 2.32 bits per heavy atom. The highest BCUT2D eigenvalue weighted by molar-refractivity contribution is 5.53. The van der Waals surface area contributed by atoms with Crippen molar-refractivity contribution in [3.05, 3.63) is 57.5 Å². The number of nitrogens with zero attached hydrogens (tertiary/aromatic N) is 1. The first-order valence-electron chi connectivity index (χ1n) is 5.91. The number of rotatable bonds is 3. The van der Waals surface area contributed by atoms with E-state index in [4.69, 9.17) is 4.74 Å². The number of H-pyrrole nitrogens is 1. The third-order valence-electron chi connectivity index (χ3n) is 3.04. The number of aromatic nitrogens is 2. The summed E-state index contributed by atoms with van der Waals surface area (Å²) in [6, 6.07) is 5.44. The zero-order valence-corrected chi connectivity index (χ0v) is 10.1. The van der Waals surface area contributed by atoms with Gasteiger partial charge in [0, 0.05) is 18.4 Å². The van der Waals surface area contributed by atoms with Crippen molar-refractivity contribution < 1.29 is 9.15 Å². The Balaban J connectivity index is 2.09. The zero-order chi connectivity index (χ0) is 13.4. The number of fused-ring (bicyclic) bond motifs is 1. The van der Waals surface area contributed by atoms with E-state index in [1.165, 1.54) is 0 Å². The van der Waals surface area contributed by atoms with Gasteiger partial charge in [0.05, 0.1) is 0 Å². The van der Waals surface area contributed by atoms with Crippen molar-refractivity contribution in [2.45, 2.75) is 18.9 Å². The van der Waals surface area contributed by atoms with Crippen molar-refractivity contribution in [1.29, 1.82) is 0 Å². The molecule has 0 spiro atoms. The van der Waals surface area contributed by atoms with Crippen LogP contribution in [-0.2, 0) is 6.42 Å². The molecule has 6 heteroatoms. The number of hydrogen-bond acceptors (Lipinski definition) is 4. The first kappa shape index (κ1) is 11.6. The lowest BCUT2D eigenvalue weighted by Gasteiger charge is -2.09. The summed E-state index contributed by atoms with van der Waals surface area (Å²) < 4.78 is 11.3. The second kappa shape index (κ2) is 4.31. The molecule has 6 nitrogen and oxygen atoms in total. The van der Waals surface area contributed by atoms with Gasteiger partial charge in [-0.3, -0.25) is 0 Å². The lowest BCUT2D eigenvalue weighted by atomic mass is 10.1. The number of para-hydroxylation sites is 1. The summed E-state index contributed by atoms with van der Waals surface area (Å²) in [5.74, 6) is -0.939. The molecule has 2 heterocycles. The fourth-order valence-corrected chi connectivity index (χ4v) is 2.26. The van der Waals surface area contributed by atoms with E-state index in [-0.39, 0.29) is 6.10 Å². The highest BCUT2D eigenvalue weighted by atomic mass is 16.5. The molecule has 0 saturated carbocycles. The molecule has 98 valence electrons. The van der Waals surface area contributed by atoms with Crippen molar-refractivity contribution in [3.8, 4) is 11.4 Å². The fraction of sp³-hybridized carbons (Fsp3) is 0.231. The second-order valence-corrected chi connectivity index (χ2v) is 4.34. The molecule has 0 saturated heterocycles. The van der Waals surface area contributed by atoms with Crippen molar-refractivity contribution >= 4 is 0 Å². The Labute approximate surface area is 107 Å². The molecule has 0 radical (unpaired) electrons. The molecule has 0 fully saturated rings. The highest BCUT2D eigenvalue weighted by Crippen LogP contribution is 2.34. The molecule has 1 aliphatic heterocycles. The normalized spacial score (nSPS) is 16.9. The molecule has 1 aromatic carbocycles. The predicted octanol–water partition coefficient (Wildman–Crippen LogP) is 0.998. The SMILES string of the molecule is C=CCC1Cc2cccc(-n3[nH]c(=O)oc3=O)c2O1. The van der Waals surface area contributed by atoms with Gasteiger partial charge in [-0.15, -0.1) is 6.58 Å². The third kappa shape index (κ3) is 1.91. The number of benzene rings is 1. The second-order valence-electron chi connectivity index (χ2n) is 4.34. The first-order valence-corrected chi connectivity index (χ1v) is 5.91. The Kier molecular flexibility index (Phi) is 2.63. The average Bonchev–Trinajstić information content (AvgIpc) is 2.92. The molecule has 1 aromatic heterocycles. The molecular formula is C13H12N2O4. The first-order chi connectivity index (χ1) is 9.19. The number of hydrogen-bond donors (Lipinski definition) is 1. The number of nitrogens with one attached hydrogen (secondary N) is 1. The van der Waals surface area contributed by atoms with Crippen molar-refractivity contribution in [2.24, 2.45) is 0 Å². The van der Waals surface area contributed by atoms with Gasteiger partial charge in [0.1, 0.15) is 17.5 Å². The topological polar surface area (TPSA) is 77.2 Å². The van der Waals surface area contributed by atoms with Gasteiger partial charge >= 0.3 is 11.5 Å². The Morgan fingerprint density at radius 3 is 3.00 bits per heavy atom. The lowest BCUT2D eigenvalue weighted by Crippen LogP contribution is -2.16. The van der Waals surface area contributed by atoms with Crippen LogP contribution in [0, 0.1) is 0 Å². The van der Waals surface area contributed by atoms with Crippen LogP contribution in [0.15, 0.2) is 44.9 Å². The summed E-state index contributed by atoms with van der Waals surface area (Å²) >= 11 is 0. The van der Waals surface area contributed by atoms with Crippen LogP contribution < -0.4 is 16.2 Å². The van der Waals surface area contributed by atoms with E-state index in [1.54, 1.807) is 12.1 Å². The van der Waals surface area contributed by atoms with Gasteiger partial charge in [-0.05, 0) is 6.07 Å². The van der Waals surface area contributed by atoms with Gasteiger partial charge in [-0.1, -0.05) is 18.2 Å². The summed E-state index contributed by atoms with van der Waals surface area (Å²) in [7, 11) is 0. The van der Waals surface area contributed by atoms with Gasteiger partial charge in [0.2, 0.25) is 0 Å². The molecule has 0 bridgehead atoms. The van der Waals surface area contributed by atoms with E-state index in [9.17, 15) is 9.59 Å².